The first-order valence-electron chi connectivity index (χ1n) is 3.91. The molecule has 0 bridgehead atoms. The normalized spacial score (nSPS) is 13.4. The van der Waals surface area contributed by atoms with Crippen LogP contribution in [0.5, 0.6) is 0 Å². The van der Waals surface area contributed by atoms with E-state index in [-0.39, 0.29) is 12.4 Å². The van der Waals surface area contributed by atoms with Crippen molar-refractivity contribution in [2.75, 3.05) is 12.4 Å². The number of anilines is 1. The van der Waals surface area contributed by atoms with Crippen molar-refractivity contribution in [3.05, 3.63) is 29.3 Å². The zero-order valence-corrected chi connectivity index (χ0v) is 7.87. The number of fused-ring (bicyclic) bond motifs is 1. The molecular formula is C9H13ClN2. The lowest BCUT2D eigenvalue weighted by Gasteiger charge is -2.05. The van der Waals surface area contributed by atoms with Crippen LogP contribution in [0.2, 0.25) is 0 Å². The van der Waals surface area contributed by atoms with Crippen molar-refractivity contribution in [1.82, 2.24) is 5.32 Å². The fourth-order valence-electron chi connectivity index (χ4n) is 1.57. The van der Waals surface area contributed by atoms with E-state index in [1.165, 1.54) is 16.8 Å². The molecule has 0 aromatic heterocycles. The van der Waals surface area contributed by atoms with E-state index < -0.39 is 0 Å². The summed E-state index contributed by atoms with van der Waals surface area (Å²) in [5.74, 6) is 0. The van der Waals surface area contributed by atoms with E-state index in [4.69, 9.17) is 0 Å². The van der Waals surface area contributed by atoms with Crippen LogP contribution in [0.3, 0.4) is 0 Å². The maximum Gasteiger partial charge on any atom is 0.0386 e. The molecular weight excluding hydrogens is 172 g/mol. The lowest BCUT2D eigenvalue weighted by molar-refractivity contribution is 0.765. The maximum absolute atomic E-state index is 3.32. The summed E-state index contributed by atoms with van der Waals surface area (Å²) in [6.45, 7) is 2.02. The fourth-order valence-corrected chi connectivity index (χ4v) is 1.57. The van der Waals surface area contributed by atoms with Gasteiger partial charge in [0.2, 0.25) is 0 Å². The third-order valence-corrected chi connectivity index (χ3v) is 2.16. The summed E-state index contributed by atoms with van der Waals surface area (Å²) in [5.41, 5.74) is 4.11. The maximum atomic E-state index is 3.32. The largest absolute Gasteiger partial charge is 0.388 e. The van der Waals surface area contributed by atoms with Gasteiger partial charge in [-0.25, -0.2) is 0 Å². The third kappa shape index (κ3) is 1.40. The van der Waals surface area contributed by atoms with Crippen molar-refractivity contribution in [3.63, 3.8) is 0 Å². The highest BCUT2D eigenvalue weighted by molar-refractivity contribution is 5.85. The molecule has 1 heterocycles. The van der Waals surface area contributed by atoms with Gasteiger partial charge in [0.15, 0.2) is 0 Å². The van der Waals surface area contributed by atoms with Gasteiger partial charge in [0.25, 0.3) is 0 Å². The second kappa shape index (κ2) is 3.78. The third-order valence-electron chi connectivity index (χ3n) is 2.16. The lowest BCUT2D eigenvalue weighted by atomic mass is 10.1. The van der Waals surface area contributed by atoms with E-state index in [2.05, 4.69) is 28.8 Å². The molecule has 3 heteroatoms. The number of halogens is 1. The van der Waals surface area contributed by atoms with Crippen molar-refractivity contribution < 1.29 is 0 Å². The van der Waals surface area contributed by atoms with Crippen LogP contribution in [0.1, 0.15) is 11.1 Å². The standard InChI is InChI=1S/C9H12N2.ClH/c1-10-9-4-2-3-7-5-11-6-8(7)9;/h2-4,10-11H,5-6H2,1H3;1H. The first-order valence-corrected chi connectivity index (χ1v) is 3.91. The Kier molecular flexibility index (Phi) is 2.95. The summed E-state index contributed by atoms with van der Waals surface area (Å²) < 4.78 is 0. The van der Waals surface area contributed by atoms with Crippen molar-refractivity contribution in [3.8, 4) is 0 Å². The highest BCUT2D eigenvalue weighted by atomic mass is 35.5. The Labute approximate surface area is 78.8 Å². The Morgan fingerprint density at radius 2 is 2.17 bits per heavy atom. The molecule has 0 saturated heterocycles. The molecule has 12 heavy (non-hydrogen) atoms. The van der Waals surface area contributed by atoms with Gasteiger partial charge in [0.05, 0.1) is 0 Å². The zero-order chi connectivity index (χ0) is 7.68. The van der Waals surface area contributed by atoms with E-state index in [9.17, 15) is 0 Å². The smallest absolute Gasteiger partial charge is 0.0386 e. The van der Waals surface area contributed by atoms with Crippen LogP contribution >= 0.6 is 12.4 Å². The Hall–Kier alpha value is -0.730. The summed E-state index contributed by atoms with van der Waals surface area (Å²) in [4.78, 5) is 0. The Morgan fingerprint density at radius 1 is 1.33 bits per heavy atom. The van der Waals surface area contributed by atoms with Gasteiger partial charge in [0.1, 0.15) is 0 Å². The minimum Gasteiger partial charge on any atom is -0.388 e. The van der Waals surface area contributed by atoms with E-state index >= 15 is 0 Å². The van der Waals surface area contributed by atoms with Crippen molar-refractivity contribution in [1.29, 1.82) is 0 Å². The summed E-state index contributed by atoms with van der Waals surface area (Å²) in [5, 5.41) is 6.51. The van der Waals surface area contributed by atoms with Crippen molar-refractivity contribution in [2.45, 2.75) is 13.1 Å². The summed E-state index contributed by atoms with van der Waals surface area (Å²) in [7, 11) is 1.97. The monoisotopic (exact) mass is 184 g/mol. The predicted molar refractivity (Wildman–Crippen MR) is 53.8 cm³/mol. The number of nitrogens with one attached hydrogen (secondary N) is 2. The van der Waals surface area contributed by atoms with Crippen LogP contribution in [0.15, 0.2) is 18.2 Å². The summed E-state index contributed by atoms with van der Waals surface area (Å²) >= 11 is 0. The molecule has 0 aliphatic carbocycles. The van der Waals surface area contributed by atoms with E-state index in [0.29, 0.717) is 0 Å². The number of hydrogen-bond donors (Lipinski definition) is 2. The topological polar surface area (TPSA) is 24.1 Å². The van der Waals surface area contributed by atoms with Crippen molar-refractivity contribution in [2.24, 2.45) is 0 Å². The molecule has 0 saturated carbocycles. The number of rotatable bonds is 1. The molecule has 0 radical (unpaired) electrons. The molecule has 2 nitrogen and oxygen atoms in total. The second-order valence-corrected chi connectivity index (χ2v) is 2.80. The first kappa shape index (κ1) is 9.36. The summed E-state index contributed by atoms with van der Waals surface area (Å²) in [6, 6.07) is 6.39. The van der Waals surface area contributed by atoms with Gasteiger partial charge in [-0.2, -0.15) is 0 Å². The molecule has 66 valence electrons. The molecule has 0 atom stereocenters. The SMILES string of the molecule is CNc1cccc2c1CNC2.Cl. The molecule has 2 rings (SSSR count). The van der Waals surface area contributed by atoms with Gasteiger partial charge in [0, 0.05) is 25.8 Å². The van der Waals surface area contributed by atoms with Gasteiger partial charge in [-0.3, -0.25) is 0 Å². The second-order valence-electron chi connectivity index (χ2n) is 2.80. The van der Waals surface area contributed by atoms with Crippen molar-refractivity contribution >= 4 is 18.1 Å². The van der Waals surface area contributed by atoms with E-state index in [1.807, 2.05) is 7.05 Å². The lowest BCUT2D eigenvalue weighted by Crippen LogP contribution is -2.01. The van der Waals surface area contributed by atoms with Crippen LogP contribution in [-0.2, 0) is 13.1 Å². The van der Waals surface area contributed by atoms with Gasteiger partial charge < -0.3 is 10.6 Å². The van der Waals surface area contributed by atoms with Crippen LogP contribution in [0.25, 0.3) is 0 Å². The Bertz CT molecular complexity index is 273. The van der Waals surface area contributed by atoms with Crippen LogP contribution in [-0.4, -0.2) is 7.05 Å². The minimum atomic E-state index is 0. The van der Waals surface area contributed by atoms with Crippen LogP contribution < -0.4 is 10.6 Å². The average molecular weight is 185 g/mol. The molecule has 0 fully saturated rings. The quantitative estimate of drug-likeness (QED) is 0.695. The molecule has 2 N–H and O–H groups in total. The summed E-state index contributed by atoms with van der Waals surface area (Å²) in [6.07, 6.45) is 0. The fraction of sp³-hybridized carbons (Fsp3) is 0.333. The molecule has 1 aromatic carbocycles. The molecule has 0 unspecified atom stereocenters. The molecule has 1 aliphatic heterocycles. The van der Waals surface area contributed by atoms with Gasteiger partial charge in [-0.1, -0.05) is 12.1 Å². The van der Waals surface area contributed by atoms with Gasteiger partial charge in [-0.05, 0) is 17.2 Å². The van der Waals surface area contributed by atoms with Crippen LogP contribution in [0, 0.1) is 0 Å². The molecule has 0 amide bonds. The molecule has 0 spiro atoms. The van der Waals surface area contributed by atoms with E-state index in [1.54, 1.807) is 0 Å². The molecule has 1 aromatic rings. The van der Waals surface area contributed by atoms with Gasteiger partial charge >= 0.3 is 0 Å². The van der Waals surface area contributed by atoms with E-state index in [0.717, 1.165) is 13.1 Å². The predicted octanol–water partition coefficient (Wildman–Crippen LogP) is 1.75. The number of hydrogen-bond acceptors (Lipinski definition) is 2. The first-order chi connectivity index (χ1) is 5.42. The highest BCUT2D eigenvalue weighted by Crippen LogP contribution is 2.23. The van der Waals surface area contributed by atoms with Crippen LogP contribution in [0.4, 0.5) is 5.69 Å². The Morgan fingerprint density at radius 3 is 2.92 bits per heavy atom. The minimum absolute atomic E-state index is 0. The van der Waals surface area contributed by atoms with Gasteiger partial charge in [-0.15, -0.1) is 12.4 Å². The highest BCUT2D eigenvalue weighted by Gasteiger charge is 2.11. The zero-order valence-electron chi connectivity index (χ0n) is 7.05. The number of benzene rings is 1. The Balaban J connectivity index is 0.000000720. The average Bonchev–Trinajstić information content (AvgIpc) is 2.50. The molecule has 1 aliphatic rings.